The number of rotatable bonds is 6. The van der Waals surface area contributed by atoms with Gasteiger partial charge in [0.15, 0.2) is 5.16 Å². The molecule has 1 aliphatic rings. The second-order valence-corrected chi connectivity index (χ2v) is 10.6. The minimum Gasteiger partial charge on any atom is -0.341 e. The quantitative estimate of drug-likeness (QED) is 0.283. The molecule has 0 bridgehead atoms. The second-order valence-electron chi connectivity index (χ2n) is 8.83. The number of carbonyl (C=O) groups excluding carboxylic acids is 1. The summed E-state index contributed by atoms with van der Waals surface area (Å²) in [5, 5.41) is 3.21. The van der Waals surface area contributed by atoms with Gasteiger partial charge in [-0.15, -0.1) is 17.9 Å². The van der Waals surface area contributed by atoms with Crippen molar-refractivity contribution in [2.24, 2.45) is 11.8 Å². The number of fused-ring (bicyclic) bond motifs is 1. The van der Waals surface area contributed by atoms with Crippen molar-refractivity contribution >= 4 is 39.2 Å². The van der Waals surface area contributed by atoms with Crippen LogP contribution in [0.5, 0.6) is 0 Å². The summed E-state index contributed by atoms with van der Waals surface area (Å²) in [4.78, 5) is 33.8. The first-order valence-corrected chi connectivity index (χ1v) is 12.8. The van der Waals surface area contributed by atoms with E-state index in [9.17, 15) is 9.59 Å². The van der Waals surface area contributed by atoms with Crippen molar-refractivity contribution in [3.63, 3.8) is 0 Å². The number of carbonyl (C=O) groups is 1. The van der Waals surface area contributed by atoms with Gasteiger partial charge >= 0.3 is 0 Å². The van der Waals surface area contributed by atoms with E-state index in [1.165, 1.54) is 28.7 Å². The standard InChI is InChI=1S/C25H29N3O2S2/c1-5-10-28-24(30)22-20(19-8-6-16(2)7-9-19)14-31-23(22)26-25(28)32-15-21(29)27-12-17(3)11-18(4)13-27/h5-9,14,17-18H,1,10-13,15H2,2-4H3. The van der Waals surface area contributed by atoms with Gasteiger partial charge in [-0.05, 0) is 30.7 Å². The first-order valence-electron chi connectivity index (χ1n) is 11.0. The number of aromatic nitrogens is 2. The molecule has 3 heterocycles. The van der Waals surface area contributed by atoms with E-state index < -0.39 is 0 Å². The largest absolute Gasteiger partial charge is 0.341 e. The van der Waals surface area contributed by atoms with Crippen LogP contribution in [0.25, 0.3) is 21.3 Å². The number of nitrogens with zero attached hydrogens (tertiary/aromatic N) is 3. The van der Waals surface area contributed by atoms with Gasteiger partial charge < -0.3 is 4.90 Å². The molecular weight excluding hydrogens is 438 g/mol. The van der Waals surface area contributed by atoms with Crippen LogP contribution in [0.2, 0.25) is 0 Å². The van der Waals surface area contributed by atoms with Gasteiger partial charge in [-0.1, -0.05) is 61.5 Å². The Morgan fingerprint density at radius 1 is 1.25 bits per heavy atom. The lowest BCUT2D eigenvalue weighted by molar-refractivity contribution is -0.130. The topological polar surface area (TPSA) is 55.2 Å². The van der Waals surface area contributed by atoms with E-state index in [-0.39, 0.29) is 17.2 Å². The minimum atomic E-state index is -0.0816. The molecular formula is C25H29N3O2S2. The smallest absolute Gasteiger partial charge is 0.263 e. The number of thiophene rings is 1. The van der Waals surface area contributed by atoms with Crippen molar-refractivity contribution in [2.75, 3.05) is 18.8 Å². The van der Waals surface area contributed by atoms with Gasteiger partial charge in [0.05, 0.1) is 11.1 Å². The molecule has 0 radical (unpaired) electrons. The summed E-state index contributed by atoms with van der Waals surface area (Å²) in [7, 11) is 0. The fourth-order valence-corrected chi connectivity index (χ4v) is 6.34. The minimum absolute atomic E-state index is 0.0816. The first-order chi connectivity index (χ1) is 15.4. The lowest BCUT2D eigenvalue weighted by Crippen LogP contribution is -2.43. The Kier molecular flexibility index (Phi) is 6.86. The van der Waals surface area contributed by atoms with Gasteiger partial charge in [0.1, 0.15) is 4.83 Å². The Morgan fingerprint density at radius 2 is 1.94 bits per heavy atom. The highest BCUT2D eigenvalue weighted by molar-refractivity contribution is 7.99. The van der Waals surface area contributed by atoms with E-state index in [1.54, 1.807) is 10.6 Å². The summed E-state index contributed by atoms with van der Waals surface area (Å²) in [5.41, 5.74) is 3.01. The van der Waals surface area contributed by atoms with Crippen molar-refractivity contribution in [2.45, 2.75) is 38.9 Å². The van der Waals surface area contributed by atoms with Gasteiger partial charge in [0, 0.05) is 30.6 Å². The summed E-state index contributed by atoms with van der Waals surface area (Å²) in [6.07, 6.45) is 2.86. The number of hydrogen-bond acceptors (Lipinski definition) is 5. The number of thioether (sulfide) groups is 1. The maximum absolute atomic E-state index is 13.5. The van der Waals surface area contributed by atoms with Crippen LogP contribution < -0.4 is 5.56 Å². The van der Waals surface area contributed by atoms with Crippen molar-refractivity contribution in [1.29, 1.82) is 0 Å². The Hall–Kier alpha value is -2.38. The summed E-state index contributed by atoms with van der Waals surface area (Å²) in [5.74, 6) is 1.43. The molecule has 2 atom stereocenters. The van der Waals surface area contributed by atoms with Crippen molar-refractivity contribution in [3.8, 4) is 11.1 Å². The molecule has 2 aromatic heterocycles. The van der Waals surface area contributed by atoms with E-state index in [2.05, 4.69) is 20.4 Å². The third kappa shape index (κ3) is 4.69. The maximum atomic E-state index is 13.5. The molecule has 32 heavy (non-hydrogen) atoms. The Balaban J connectivity index is 1.64. The summed E-state index contributed by atoms with van der Waals surface area (Å²) in [6.45, 7) is 12.2. The van der Waals surface area contributed by atoms with Gasteiger partial charge in [0.2, 0.25) is 5.91 Å². The third-order valence-corrected chi connectivity index (χ3v) is 7.71. The monoisotopic (exact) mass is 467 g/mol. The van der Waals surface area contributed by atoms with E-state index in [0.717, 1.165) is 30.6 Å². The highest BCUT2D eigenvalue weighted by atomic mass is 32.2. The predicted octanol–water partition coefficient (Wildman–Crippen LogP) is 5.22. The Labute approximate surface area is 197 Å². The zero-order valence-corrected chi connectivity index (χ0v) is 20.5. The lowest BCUT2D eigenvalue weighted by Gasteiger charge is -2.35. The molecule has 1 saturated heterocycles. The zero-order valence-electron chi connectivity index (χ0n) is 18.8. The molecule has 1 amide bonds. The molecule has 4 rings (SSSR count). The molecule has 0 spiro atoms. The van der Waals surface area contributed by atoms with Crippen LogP contribution in [-0.4, -0.2) is 39.2 Å². The number of likely N-dealkylation sites (tertiary alicyclic amines) is 1. The van der Waals surface area contributed by atoms with Gasteiger partial charge in [-0.25, -0.2) is 4.98 Å². The van der Waals surface area contributed by atoms with Crippen molar-refractivity contribution in [3.05, 3.63) is 58.2 Å². The summed E-state index contributed by atoms with van der Waals surface area (Å²) < 4.78 is 1.64. The van der Waals surface area contributed by atoms with Crippen LogP contribution in [-0.2, 0) is 11.3 Å². The van der Waals surface area contributed by atoms with Gasteiger partial charge in [-0.2, -0.15) is 0 Å². The van der Waals surface area contributed by atoms with Gasteiger partial charge in [0.25, 0.3) is 5.56 Å². The SMILES string of the molecule is C=CCn1c(SCC(=O)N2CC(C)CC(C)C2)nc2scc(-c3ccc(C)cc3)c2c1=O. The van der Waals surface area contributed by atoms with E-state index in [0.29, 0.717) is 33.8 Å². The number of amides is 1. The molecule has 1 fully saturated rings. The second kappa shape index (κ2) is 9.63. The van der Waals surface area contributed by atoms with Crippen LogP contribution in [0.3, 0.4) is 0 Å². The number of hydrogen-bond donors (Lipinski definition) is 0. The number of aryl methyl sites for hydroxylation is 1. The van der Waals surface area contributed by atoms with E-state index >= 15 is 0 Å². The van der Waals surface area contributed by atoms with Crippen LogP contribution >= 0.6 is 23.1 Å². The molecule has 1 aromatic carbocycles. The molecule has 0 aliphatic carbocycles. The average Bonchev–Trinajstić information content (AvgIpc) is 3.18. The molecule has 0 N–H and O–H groups in total. The van der Waals surface area contributed by atoms with E-state index in [4.69, 9.17) is 4.98 Å². The Morgan fingerprint density at radius 3 is 2.59 bits per heavy atom. The highest BCUT2D eigenvalue weighted by Crippen LogP contribution is 2.32. The lowest BCUT2D eigenvalue weighted by atomic mass is 9.92. The average molecular weight is 468 g/mol. The molecule has 5 nitrogen and oxygen atoms in total. The van der Waals surface area contributed by atoms with Crippen molar-refractivity contribution in [1.82, 2.24) is 14.5 Å². The van der Waals surface area contributed by atoms with Crippen LogP contribution in [0, 0.1) is 18.8 Å². The molecule has 3 aromatic rings. The molecule has 7 heteroatoms. The molecule has 168 valence electrons. The van der Waals surface area contributed by atoms with Crippen LogP contribution in [0.1, 0.15) is 25.8 Å². The number of allylic oxidation sites excluding steroid dienone is 1. The van der Waals surface area contributed by atoms with E-state index in [1.807, 2.05) is 41.5 Å². The Bertz CT molecular complexity index is 1190. The van der Waals surface area contributed by atoms with Crippen molar-refractivity contribution < 1.29 is 4.79 Å². The molecule has 1 aliphatic heterocycles. The zero-order chi connectivity index (χ0) is 22.8. The van der Waals surface area contributed by atoms with Gasteiger partial charge in [-0.3, -0.25) is 14.2 Å². The maximum Gasteiger partial charge on any atom is 0.263 e. The fourth-order valence-electron chi connectivity index (χ4n) is 4.44. The normalized spacial score (nSPS) is 18.8. The molecule has 0 saturated carbocycles. The summed E-state index contributed by atoms with van der Waals surface area (Å²) >= 11 is 2.82. The first kappa shape index (κ1) is 22.8. The highest BCUT2D eigenvalue weighted by Gasteiger charge is 2.26. The third-order valence-electron chi connectivity index (χ3n) is 5.88. The molecule has 2 unspecified atom stereocenters. The van der Waals surface area contributed by atoms with Crippen LogP contribution in [0.4, 0.5) is 0 Å². The number of benzene rings is 1. The fraction of sp³-hybridized carbons (Fsp3) is 0.400. The number of piperidine rings is 1. The van der Waals surface area contributed by atoms with Crippen LogP contribution in [0.15, 0.2) is 52.3 Å². The predicted molar refractivity (Wildman–Crippen MR) is 134 cm³/mol. The summed E-state index contributed by atoms with van der Waals surface area (Å²) in [6, 6.07) is 8.17.